The average molecular weight is 386 g/mol. The summed E-state index contributed by atoms with van der Waals surface area (Å²) < 4.78 is 4.91. The summed E-state index contributed by atoms with van der Waals surface area (Å²) >= 11 is 16.0. The predicted octanol–water partition coefficient (Wildman–Crippen LogP) is 4.77. The number of nitrogens with zero attached hydrogens (tertiary/aromatic N) is 3. The third kappa shape index (κ3) is 2.68. The molecular weight excluding hydrogens is 373 g/mol. The van der Waals surface area contributed by atoms with Gasteiger partial charge in [0.25, 0.3) is 0 Å². The third-order valence-corrected chi connectivity index (χ3v) is 4.37. The molecule has 0 aliphatic carbocycles. The van der Waals surface area contributed by atoms with Crippen LogP contribution >= 0.6 is 39.1 Å². The van der Waals surface area contributed by atoms with Crippen molar-refractivity contribution in [2.75, 3.05) is 0 Å². The van der Waals surface area contributed by atoms with Crippen LogP contribution in [0.3, 0.4) is 0 Å². The van der Waals surface area contributed by atoms with Crippen LogP contribution in [0.15, 0.2) is 41.0 Å². The standard InChI is InChI=1S/C15H13BrCl2N3/c1-2-7-20-13(10-5-3-4-6-12(10)17)9-21-15(20)11(16)8-14(18)19-21/h3-6,8-9H,2,7H2,1H3/q+1. The molecule has 0 radical (unpaired) electrons. The van der Waals surface area contributed by atoms with Crippen LogP contribution in [0.1, 0.15) is 13.3 Å². The number of aromatic nitrogens is 3. The first-order valence-corrected chi connectivity index (χ1v) is 8.19. The molecule has 0 fully saturated rings. The lowest BCUT2D eigenvalue weighted by atomic mass is 10.1. The zero-order valence-corrected chi connectivity index (χ0v) is 14.5. The molecule has 0 bridgehead atoms. The SMILES string of the molecule is CCC[n+]1c(-c2ccccc2Cl)cn2nc(Cl)cc(Br)c21. The Balaban J connectivity index is 2.35. The van der Waals surface area contributed by atoms with Gasteiger partial charge in [-0.2, -0.15) is 0 Å². The van der Waals surface area contributed by atoms with E-state index in [1.807, 2.05) is 30.5 Å². The fourth-order valence-electron chi connectivity index (χ4n) is 2.43. The Labute approximate surface area is 141 Å². The minimum Gasteiger partial charge on any atom is -0.220 e. The second-order valence-electron chi connectivity index (χ2n) is 4.73. The molecule has 2 heterocycles. The number of rotatable bonds is 3. The Kier molecular flexibility index (Phi) is 4.20. The van der Waals surface area contributed by atoms with Gasteiger partial charge < -0.3 is 0 Å². The van der Waals surface area contributed by atoms with Crippen molar-refractivity contribution in [3.8, 4) is 11.3 Å². The van der Waals surface area contributed by atoms with E-state index in [2.05, 4.69) is 32.5 Å². The minimum absolute atomic E-state index is 0.443. The van der Waals surface area contributed by atoms with Gasteiger partial charge in [0.05, 0.1) is 11.6 Å². The summed E-state index contributed by atoms with van der Waals surface area (Å²) in [6.45, 7) is 3.02. The van der Waals surface area contributed by atoms with Gasteiger partial charge in [-0.1, -0.05) is 51.9 Å². The minimum atomic E-state index is 0.443. The molecule has 0 saturated heterocycles. The zero-order valence-electron chi connectivity index (χ0n) is 11.4. The van der Waals surface area contributed by atoms with Crippen molar-refractivity contribution in [1.29, 1.82) is 0 Å². The highest BCUT2D eigenvalue weighted by atomic mass is 79.9. The van der Waals surface area contributed by atoms with E-state index in [-0.39, 0.29) is 0 Å². The zero-order chi connectivity index (χ0) is 15.0. The van der Waals surface area contributed by atoms with Crippen LogP contribution in [0.5, 0.6) is 0 Å². The van der Waals surface area contributed by atoms with Gasteiger partial charge in [0, 0.05) is 11.6 Å². The van der Waals surface area contributed by atoms with Gasteiger partial charge in [0.1, 0.15) is 4.47 Å². The molecule has 2 aromatic heterocycles. The second kappa shape index (κ2) is 5.95. The Bertz CT molecular complexity index is 814. The second-order valence-corrected chi connectivity index (χ2v) is 6.38. The maximum absolute atomic E-state index is 6.35. The van der Waals surface area contributed by atoms with E-state index in [1.54, 1.807) is 10.6 Å². The lowest BCUT2D eigenvalue weighted by Crippen LogP contribution is -2.35. The van der Waals surface area contributed by atoms with Crippen molar-refractivity contribution in [2.24, 2.45) is 0 Å². The molecule has 0 spiro atoms. The summed E-state index contributed by atoms with van der Waals surface area (Å²) in [6, 6.07) is 9.62. The molecule has 0 unspecified atom stereocenters. The largest absolute Gasteiger partial charge is 0.322 e. The van der Waals surface area contributed by atoms with Gasteiger partial charge in [-0.25, -0.2) is 4.57 Å². The van der Waals surface area contributed by atoms with Gasteiger partial charge in [-0.3, -0.25) is 0 Å². The molecule has 0 atom stereocenters. The van der Waals surface area contributed by atoms with Gasteiger partial charge >= 0.3 is 5.65 Å². The van der Waals surface area contributed by atoms with Crippen molar-refractivity contribution in [3.05, 3.63) is 51.2 Å². The van der Waals surface area contributed by atoms with E-state index in [9.17, 15) is 0 Å². The summed E-state index contributed by atoms with van der Waals surface area (Å²) in [4.78, 5) is 0. The topological polar surface area (TPSA) is 21.2 Å². The Morgan fingerprint density at radius 3 is 2.76 bits per heavy atom. The highest BCUT2D eigenvalue weighted by Crippen LogP contribution is 2.28. The molecule has 21 heavy (non-hydrogen) atoms. The number of hydrogen-bond acceptors (Lipinski definition) is 1. The normalized spacial score (nSPS) is 11.2. The van der Waals surface area contributed by atoms with Crippen molar-refractivity contribution in [2.45, 2.75) is 19.9 Å². The Hall–Kier alpha value is -1.10. The lowest BCUT2D eigenvalue weighted by molar-refractivity contribution is -0.660. The number of aryl methyl sites for hydroxylation is 1. The first kappa shape index (κ1) is 14.8. The number of fused-ring (bicyclic) bond motifs is 1. The van der Waals surface area contributed by atoms with E-state index in [4.69, 9.17) is 23.2 Å². The fraction of sp³-hybridized carbons (Fsp3) is 0.200. The van der Waals surface area contributed by atoms with E-state index in [0.29, 0.717) is 5.15 Å². The van der Waals surface area contributed by atoms with Crippen LogP contribution in [-0.4, -0.2) is 9.61 Å². The van der Waals surface area contributed by atoms with Gasteiger partial charge in [0.15, 0.2) is 17.0 Å². The van der Waals surface area contributed by atoms with Crippen LogP contribution in [0.4, 0.5) is 0 Å². The van der Waals surface area contributed by atoms with Crippen LogP contribution in [-0.2, 0) is 6.54 Å². The number of hydrogen-bond donors (Lipinski definition) is 0. The molecule has 0 N–H and O–H groups in total. The first-order chi connectivity index (χ1) is 10.1. The summed E-state index contributed by atoms with van der Waals surface area (Å²) in [5.74, 6) is 0. The van der Waals surface area contributed by atoms with Crippen molar-refractivity contribution in [3.63, 3.8) is 0 Å². The van der Waals surface area contributed by atoms with E-state index < -0.39 is 0 Å². The smallest absolute Gasteiger partial charge is 0.220 e. The molecule has 3 aromatic rings. The monoisotopic (exact) mass is 384 g/mol. The van der Waals surface area contributed by atoms with Crippen LogP contribution in [0.25, 0.3) is 16.9 Å². The summed E-state index contributed by atoms with van der Waals surface area (Å²) in [5, 5.41) is 5.51. The highest BCUT2D eigenvalue weighted by Gasteiger charge is 2.24. The quantitative estimate of drug-likeness (QED) is 0.595. The number of halogens is 3. The lowest BCUT2D eigenvalue weighted by Gasteiger charge is -2.03. The molecule has 0 amide bonds. The predicted molar refractivity (Wildman–Crippen MR) is 88.8 cm³/mol. The molecule has 6 heteroatoms. The summed E-state index contributed by atoms with van der Waals surface area (Å²) in [5.41, 5.74) is 2.98. The van der Waals surface area contributed by atoms with E-state index >= 15 is 0 Å². The van der Waals surface area contributed by atoms with Crippen molar-refractivity contribution in [1.82, 2.24) is 9.61 Å². The maximum atomic E-state index is 6.35. The third-order valence-electron chi connectivity index (χ3n) is 3.27. The first-order valence-electron chi connectivity index (χ1n) is 6.64. The van der Waals surface area contributed by atoms with E-state index in [1.165, 1.54) is 0 Å². The Morgan fingerprint density at radius 2 is 2.05 bits per heavy atom. The Morgan fingerprint density at radius 1 is 1.29 bits per heavy atom. The molecule has 0 aliphatic rings. The number of benzene rings is 1. The van der Waals surface area contributed by atoms with Crippen LogP contribution in [0, 0.1) is 0 Å². The summed E-state index contributed by atoms with van der Waals surface area (Å²) in [6.07, 6.45) is 2.97. The average Bonchev–Trinajstić information content (AvgIpc) is 2.78. The van der Waals surface area contributed by atoms with Gasteiger partial charge in [-0.05, 0) is 34.5 Å². The molecule has 3 rings (SSSR count). The van der Waals surface area contributed by atoms with Crippen molar-refractivity contribution >= 4 is 44.8 Å². The van der Waals surface area contributed by atoms with E-state index in [0.717, 1.165) is 39.4 Å². The molecule has 1 aromatic carbocycles. The van der Waals surface area contributed by atoms with Crippen molar-refractivity contribution < 1.29 is 4.57 Å². The van der Waals surface area contributed by atoms with Gasteiger partial charge in [-0.15, -0.1) is 0 Å². The van der Waals surface area contributed by atoms with Gasteiger partial charge in [0.2, 0.25) is 0 Å². The molecule has 108 valence electrons. The molecule has 3 nitrogen and oxygen atoms in total. The molecule has 0 aliphatic heterocycles. The van der Waals surface area contributed by atoms with Crippen LogP contribution < -0.4 is 4.57 Å². The summed E-state index contributed by atoms with van der Waals surface area (Å²) in [7, 11) is 0. The molecule has 0 saturated carbocycles. The fourth-order valence-corrected chi connectivity index (χ4v) is 3.60. The highest BCUT2D eigenvalue weighted by molar-refractivity contribution is 9.10. The number of imidazole rings is 1. The van der Waals surface area contributed by atoms with Crippen LogP contribution in [0.2, 0.25) is 10.2 Å². The maximum Gasteiger partial charge on any atom is 0.322 e. The molecular formula is C15H13BrCl2N3+.